The van der Waals surface area contributed by atoms with Crippen molar-refractivity contribution in [3.05, 3.63) is 18.1 Å². The van der Waals surface area contributed by atoms with Crippen LogP contribution in [-0.2, 0) is 4.79 Å². The van der Waals surface area contributed by atoms with Gasteiger partial charge in [0.05, 0.1) is 24.0 Å². The van der Waals surface area contributed by atoms with Crippen LogP contribution in [-0.4, -0.2) is 44.0 Å². The lowest BCUT2D eigenvalue weighted by molar-refractivity contribution is -0.141. The van der Waals surface area contributed by atoms with Crippen molar-refractivity contribution >= 4 is 17.3 Å². The summed E-state index contributed by atoms with van der Waals surface area (Å²) in [5.74, 6) is -0.289. The van der Waals surface area contributed by atoms with E-state index in [4.69, 9.17) is 5.11 Å². The van der Waals surface area contributed by atoms with Gasteiger partial charge in [0, 0.05) is 13.1 Å². The monoisotopic (exact) mass is 261 g/mol. The van der Waals surface area contributed by atoms with Crippen LogP contribution in [0.4, 0.5) is 5.82 Å². The molecule has 7 nitrogen and oxygen atoms in total. The van der Waals surface area contributed by atoms with Crippen LogP contribution in [0.5, 0.6) is 0 Å². The van der Waals surface area contributed by atoms with Gasteiger partial charge in [0.2, 0.25) is 0 Å². The lowest BCUT2D eigenvalue weighted by Crippen LogP contribution is -2.39. The van der Waals surface area contributed by atoms with Crippen molar-refractivity contribution in [1.29, 1.82) is 0 Å². The maximum Gasteiger partial charge on any atom is 0.308 e. The maximum absolute atomic E-state index is 11.1. The molecule has 19 heavy (non-hydrogen) atoms. The molecule has 1 fully saturated rings. The van der Waals surface area contributed by atoms with Gasteiger partial charge in [-0.15, -0.1) is 5.10 Å². The van der Waals surface area contributed by atoms with Crippen LogP contribution in [0.1, 0.15) is 18.5 Å². The average molecular weight is 261 g/mol. The molecule has 0 aliphatic carbocycles. The minimum Gasteiger partial charge on any atom is -0.481 e. The molecule has 1 aliphatic heterocycles. The molecule has 0 bridgehead atoms. The molecule has 0 unspecified atom stereocenters. The third-order valence-electron chi connectivity index (χ3n) is 3.47. The largest absolute Gasteiger partial charge is 0.481 e. The Bertz CT molecular complexity index is 624. The third kappa shape index (κ3) is 2.11. The molecule has 1 aliphatic rings. The van der Waals surface area contributed by atoms with Crippen molar-refractivity contribution in [2.24, 2.45) is 5.92 Å². The van der Waals surface area contributed by atoms with Crippen molar-refractivity contribution in [2.75, 3.05) is 18.0 Å². The van der Waals surface area contributed by atoms with Crippen LogP contribution in [0.3, 0.4) is 0 Å². The number of hydrogen-bond donors (Lipinski definition) is 1. The lowest BCUT2D eigenvalue weighted by Gasteiger charge is -2.31. The summed E-state index contributed by atoms with van der Waals surface area (Å²) in [5, 5.41) is 17.0. The Balaban J connectivity index is 1.99. The second-order valence-corrected chi connectivity index (χ2v) is 4.89. The molecule has 0 spiro atoms. The van der Waals surface area contributed by atoms with Gasteiger partial charge >= 0.3 is 5.97 Å². The number of piperidine rings is 1. The van der Waals surface area contributed by atoms with Gasteiger partial charge in [-0.2, -0.15) is 0 Å². The van der Waals surface area contributed by atoms with Gasteiger partial charge in [0.1, 0.15) is 5.52 Å². The van der Waals surface area contributed by atoms with Crippen LogP contribution >= 0.6 is 0 Å². The molecule has 1 atom stereocenters. The van der Waals surface area contributed by atoms with Gasteiger partial charge < -0.3 is 10.0 Å². The number of rotatable bonds is 2. The summed E-state index contributed by atoms with van der Waals surface area (Å²) in [6.07, 6.45) is 5.06. The summed E-state index contributed by atoms with van der Waals surface area (Å²) in [6.45, 7) is 3.21. The van der Waals surface area contributed by atoms with E-state index in [0.717, 1.165) is 36.4 Å². The second-order valence-electron chi connectivity index (χ2n) is 4.89. The number of aromatic nitrogens is 4. The van der Waals surface area contributed by atoms with E-state index >= 15 is 0 Å². The normalized spacial score (nSPS) is 19.8. The van der Waals surface area contributed by atoms with Crippen LogP contribution in [0.25, 0.3) is 5.52 Å². The van der Waals surface area contributed by atoms with Crippen molar-refractivity contribution < 1.29 is 9.90 Å². The van der Waals surface area contributed by atoms with Gasteiger partial charge in [-0.3, -0.25) is 4.79 Å². The summed E-state index contributed by atoms with van der Waals surface area (Å²) in [7, 11) is 0. The van der Waals surface area contributed by atoms with E-state index in [1.807, 2.05) is 18.0 Å². The Hall–Kier alpha value is -2.18. The number of aryl methyl sites for hydroxylation is 1. The van der Waals surface area contributed by atoms with E-state index in [0.29, 0.717) is 6.54 Å². The molecule has 2 aromatic heterocycles. The van der Waals surface area contributed by atoms with Crippen molar-refractivity contribution in [3.63, 3.8) is 0 Å². The van der Waals surface area contributed by atoms with Crippen molar-refractivity contribution in [2.45, 2.75) is 19.8 Å². The molecule has 0 saturated carbocycles. The number of hydrogen-bond acceptors (Lipinski definition) is 5. The molecule has 3 rings (SSSR count). The summed E-state index contributed by atoms with van der Waals surface area (Å²) < 4.78 is 1.68. The standard InChI is InChI=1S/C12H15N5O2/c1-8-6-17-10(5-13-15-17)11(14-8)16-4-2-3-9(7-16)12(18)19/h5-6,9H,2-4,7H2,1H3,(H,18,19)/t9-/m0/s1. The predicted octanol–water partition coefficient (Wildman–Crippen LogP) is 0.734. The van der Waals surface area contributed by atoms with E-state index < -0.39 is 5.97 Å². The molecule has 100 valence electrons. The molecule has 0 amide bonds. The molecule has 2 aromatic rings. The van der Waals surface area contributed by atoms with Gasteiger partial charge in [0.25, 0.3) is 0 Å². The van der Waals surface area contributed by atoms with E-state index in [1.165, 1.54) is 0 Å². The van der Waals surface area contributed by atoms with E-state index in [9.17, 15) is 4.79 Å². The predicted molar refractivity (Wildman–Crippen MR) is 68.1 cm³/mol. The molecule has 0 radical (unpaired) electrons. The maximum atomic E-state index is 11.1. The molecular formula is C12H15N5O2. The molecule has 3 heterocycles. The summed E-state index contributed by atoms with van der Waals surface area (Å²) in [4.78, 5) is 17.7. The first-order chi connectivity index (χ1) is 9.15. The fourth-order valence-corrected chi connectivity index (χ4v) is 2.53. The number of nitrogens with zero attached hydrogens (tertiary/aromatic N) is 5. The molecule has 1 saturated heterocycles. The minimum absolute atomic E-state index is 0.327. The first kappa shape index (κ1) is 11.9. The number of carboxylic acids is 1. The zero-order valence-electron chi connectivity index (χ0n) is 10.7. The van der Waals surface area contributed by atoms with Crippen molar-refractivity contribution in [3.8, 4) is 0 Å². The minimum atomic E-state index is -0.736. The van der Waals surface area contributed by atoms with Gasteiger partial charge in [-0.1, -0.05) is 5.21 Å². The Morgan fingerprint density at radius 1 is 1.53 bits per heavy atom. The van der Waals surface area contributed by atoms with Gasteiger partial charge in [0.15, 0.2) is 5.82 Å². The van der Waals surface area contributed by atoms with E-state index in [2.05, 4.69) is 15.3 Å². The Morgan fingerprint density at radius 2 is 2.37 bits per heavy atom. The highest BCUT2D eigenvalue weighted by atomic mass is 16.4. The quantitative estimate of drug-likeness (QED) is 0.858. The topological polar surface area (TPSA) is 83.6 Å². The Morgan fingerprint density at radius 3 is 3.16 bits per heavy atom. The van der Waals surface area contributed by atoms with Crippen molar-refractivity contribution in [1.82, 2.24) is 19.8 Å². The third-order valence-corrected chi connectivity index (χ3v) is 3.47. The summed E-state index contributed by atoms with van der Waals surface area (Å²) in [6, 6.07) is 0. The average Bonchev–Trinajstić information content (AvgIpc) is 2.85. The first-order valence-corrected chi connectivity index (χ1v) is 6.30. The number of fused-ring (bicyclic) bond motifs is 1. The fraction of sp³-hybridized carbons (Fsp3) is 0.500. The zero-order chi connectivity index (χ0) is 13.4. The summed E-state index contributed by atoms with van der Waals surface area (Å²) in [5.41, 5.74) is 1.65. The number of anilines is 1. The van der Waals surface area contributed by atoms with Crippen LogP contribution < -0.4 is 4.90 Å². The molecule has 0 aromatic carbocycles. The number of carboxylic acid groups (broad SMARTS) is 1. The molecular weight excluding hydrogens is 246 g/mol. The van der Waals surface area contributed by atoms with E-state index in [-0.39, 0.29) is 5.92 Å². The summed E-state index contributed by atoms with van der Waals surface area (Å²) >= 11 is 0. The first-order valence-electron chi connectivity index (χ1n) is 6.30. The number of aliphatic carboxylic acids is 1. The molecule has 1 N–H and O–H groups in total. The van der Waals surface area contributed by atoms with Crippen LogP contribution in [0, 0.1) is 12.8 Å². The fourth-order valence-electron chi connectivity index (χ4n) is 2.53. The highest BCUT2D eigenvalue weighted by molar-refractivity contribution is 5.73. The zero-order valence-corrected chi connectivity index (χ0v) is 10.7. The SMILES string of the molecule is Cc1cn2nncc2c(N2CCC[C@H](C(=O)O)C2)n1. The highest BCUT2D eigenvalue weighted by Crippen LogP contribution is 2.25. The lowest BCUT2D eigenvalue weighted by atomic mass is 9.98. The highest BCUT2D eigenvalue weighted by Gasteiger charge is 2.27. The molecule has 7 heteroatoms. The number of carbonyl (C=O) groups is 1. The van der Waals surface area contributed by atoms with Crippen LogP contribution in [0.2, 0.25) is 0 Å². The Labute approximate surface area is 109 Å². The van der Waals surface area contributed by atoms with Gasteiger partial charge in [-0.05, 0) is 19.8 Å². The second kappa shape index (κ2) is 4.49. The van der Waals surface area contributed by atoms with Gasteiger partial charge in [-0.25, -0.2) is 9.50 Å². The van der Waals surface area contributed by atoms with E-state index in [1.54, 1.807) is 10.7 Å². The van der Waals surface area contributed by atoms with Crippen LogP contribution in [0.15, 0.2) is 12.4 Å². The smallest absolute Gasteiger partial charge is 0.308 e. The Kier molecular flexibility index (Phi) is 2.81.